The summed E-state index contributed by atoms with van der Waals surface area (Å²) in [5.41, 5.74) is 0. The highest BCUT2D eigenvalue weighted by atomic mass is 16.2. The fourth-order valence-electron chi connectivity index (χ4n) is 2.51. The Balaban J connectivity index is 1.90. The van der Waals surface area contributed by atoms with E-state index in [2.05, 4.69) is 17.1 Å². The molecule has 1 amide bonds. The van der Waals surface area contributed by atoms with Gasteiger partial charge >= 0.3 is 0 Å². The predicted molar refractivity (Wildman–Crippen MR) is 76.7 cm³/mol. The topological polar surface area (TPSA) is 32.3 Å². The molecule has 106 valence electrons. The van der Waals surface area contributed by atoms with Gasteiger partial charge in [-0.15, -0.1) is 0 Å². The van der Waals surface area contributed by atoms with Crippen LogP contribution in [-0.4, -0.2) is 37.0 Å². The van der Waals surface area contributed by atoms with Crippen molar-refractivity contribution >= 4 is 5.91 Å². The van der Waals surface area contributed by atoms with E-state index in [1.165, 1.54) is 51.4 Å². The summed E-state index contributed by atoms with van der Waals surface area (Å²) >= 11 is 0. The van der Waals surface area contributed by atoms with Crippen molar-refractivity contribution < 1.29 is 4.79 Å². The normalized spacial score (nSPS) is 16.7. The van der Waals surface area contributed by atoms with Crippen LogP contribution in [0.25, 0.3) is 0 Å². The smallest absolute Gasteiger partial charge is 0.234 e. The molecule has 0 bridgehead atoms. The number of nitrogens with zero attached hydrogens (tertiary/aromatic N) is 1. The molecule has 0 unspecified atom stereocenters. The third kappa shape index (κ3) is 7.70. The van der Waals surface area contributed by atoms with Gasteiger partial charge in [-0.2, -0.15) is 0 Å². The molecule has 0 radical (unpaired) electrons. The van der Waals surface area contributed by atoms with Crippen molar-refractivity contribution in [1.29, 1.82) is 0 Å². The molecule has 1 fully saturated rings. The lowest BCUT2D eigenvalue weighted by molar-refractivity contribution is -0.122. The highest BCUT2D eigenvalue weighted by Gasteiger charge is 2.12. The third-order valence-electron chi connectivity index (χ3n) is 3.67. The van der Waals surface area contributed by atoms with Crippen molar-refractivity contribution in [1.82, 2.24) is 10.2 Å². The molecule has 18 heavy (non-hydrogen) atoms. The molecule has 1 N–H and O–H groups in total. The largest absolute Gasteiger partial charge is 0.355 e. The first kappa shape index (κ1) is 15.5. The van der Waals surface area contributed by atoms with Crippen LogP contribution in [-0.2, 0) is 4.79 Å². The number of piperidine rings is 1. The van der Waals surface area contributed by atoms with Crippen molar-refractivity contribution in [3.8, 4) is 0 Å². The zero-order valence-electron chi connectivity index (χ0n) is 12.0. The van der Waals surface area contributed by atoms with Gasteiger partial charge in [0.25, 0.3) is 0 Å². The van der Waals surface area contributed by atoms with Gasteiger partial charge in [0.2, 0.25) is 5.91 Å². The number of amides is 1. The number of carbonyl (C=O) groups excluding carboxylic acids is 1. The van der Waals surface area contributed by atoms with Gasteiger partial charge in [-0.3, -0.25) is 9.69 Å². The van der Waals surface area contributed by atoms with Crippen molar-refractivity contribution in [2.75, 3.05) is 26.2 Å². The second-order valence-corrected chi connectivity index (χ2v) is 5.45. The molecule has 0 spiro atoms. The Morgan fingerprint density at radius 3 is 2.39 bits per heavy atom. The minimum absolute atomic E-state index is 0.213. The number of likely N-dealkylation sites (tertiary alicyclic amines) is 1. The Labute approximate surface area is 112 Å². The summed E-state index contributed by atoms with van der Waals surface area (Å²) in [6.07, 6.45) is 11.5. The van der Waals surface area contributed by atoms with Crippen LogP contribution in [0.1, 0.15) is 64.7 Å². The Bertz CT molecular complexity index is 213. The maximum Gasteiger partial charge on any atom is 0.234 e. The lowest BCUT2D eigenvalue weighted by Crippen LogP contribution is -2.40. The SMILES string of the molecule is CCCCCCCCNC(=O)CN1CCCCC1. The van der Waals surface area contributed by atoms with Crippen molar-refractivity contribution in [3.63, 3.8) is 0 Å². The van der Waals surface area contributed by atoms with Gasteiger partial charge in [-0.25, -0.2) is 0 Å². The zero-order valence-corrected chi connectivity index (χ0v) is 12.0. The third-order valence-corrected chi connectivity index (χ3v) is 3.67. The Morgan fingerprint density at radius 2 is 1.67 bits per heavy atom. The summed E-state index contributed by atoms with van der Waals surface area (Å²) in [4.78, 5) is 14.0. The minimum atomic E-state index is 0.213. The number of hydrogen-bond donors (Lipinski definition) is 1. The standard InChI is InChI=1S/C15H30N2O/c1-2-3-4-5-6-8-11-16-15(18)14-17-12-9-7-10-13-17/h2-14H2,1H3,(H,16,18). The molecule has 3 nitrogen and oxygen atoms in total. The van der Waals surface area contributed by atoms with E-state index in [0.717, 1.165) is 26.1 Å². The Kier molecular flexibility index (Phi) is 8.92. The number of carbonyl (C=O) groups is 1. The molecule has 0 atom stereocenters. The molecule has 0 saturated carbocycles. The Hall–Kier alpha value is -0.570. The van der Waals surface area contributed by atoms with Gasteiger partial charge in [0.05, 0.1) is 6.54 Å². The van der Waals surface area contributed by atoms with E-state index in [4.69, 9.17) is 0 Å². The first-order chi connectivity index (χ1) is 8.83. The van der Waals surface area contributed by atoms with Crippen LogP contribution in [0, 0.1) is 0 Å². The fraction of sp³-hybridized carbons (Fsp3) is 0.933. The summed E-state index contributed by atoms with van der Waals surface area (Å²) < 4.78 is 0. The second-order valence-electron chi connectivity index (χ2n) is 5.45. The fourth-order valence-corrected chi connectivity index (χ4v) is 2.51. The average molecular weight is 254 g/mol. The van der Waals surface area contributed by atoms with E-state index >= 15 is 0 Å². The van der Waals surface area contributed by atoms with Gasteiger partial charge < -0.3 is 5.32 Å². The summed E-state index contributed by atoms with van der Waals surface area (Å²) in [5, 5.41) is 3.04. The lowest BCUT2D eigenvalue weighted by atomic mass is 10.1. The van der Waals surface area contributed by atoms with E-state index in [9.17, 15) is 4.79 Å². The molecule has 1 aliphatic rings. The quantitative estimate of drug-likeness (QED) is 0.642. The van der Waals surface area contributed by atoms with E-state index in [0.29, 0.717) is 6.54 Å². The van der Waals surface area contributed by atoms with Crippen LogP contribution in [0.4, 0.5) is 0 Å². The molecule has 0 aromatic carbocycles. The van der Waals surface area contributed by atoms with Crippen LogP contribution < -0.4 is 5.32 Å². The molecule has 0 aliphatic carbocycles. The zero-order chi connectivity index (χ0) is 13.1. The highest BCUT2D eigenvalue weighted by molar-refractivity contribution is 5.77. The minimum Gasteiger partial charge on any atom is -0.355 e. The highest BCUT2D eigenvalue weighted by Crippen LogP contribution is 2.07. The van der Waals surface area contributed by atoms with Crippen molar-refractivity contribution in [3.05, 3.63) is 0 Å². The molecule has 1 heterocycles. The molecule has 1 rings (SSSR count). The second kappa shape index (κ2) is 10.4. The van der Waals surface area contributed by atoms with Crippen LogP contribution >= 0.6 is 0 Å². The molecule has 0 aromatic heterocycles. The number of rotatable bonds is 9. The first-order valence-electron chi connectivity index (χ1n) is 7.82. The molecular formula is C15H30N2O. The first-order valence-corrected chi connectivity index (χ1v) is 7.82. The van der Waals surface area contributed by atoms with E-state index in [-0.39, 0.29) is 5.91 Å². The maximum atomic E-state index is 11.7. The van der Waals surface area contributed by atoms with Crippen LogP contribution in [0.2, 0.25) is 0 Å². The van der Waals surface area contributed by atoms with E-state index in [1.54, 1.807) is 0 Å². The summed E-state index contributed by atoms with van der Waals surface area (Å²) in [7, 11) is 0. The van der Waals surface area contributed by atoms with E-state index < -0.39 is 0 Å². The molecule has 3 heteroatoms. The number of nitrogens with one attached hydrogen (secondary N) is 1. The monoisotopic (exact) mass is 254 g/mol. The van der Waals surface area contributed by atoms with Crippen LogP contribution in [0.3, 0.4) is 0 Å². The predicted octanol–water partition coefficient (Wildman–Crippen LogP) is 2.95. The van der Waals surface area contributed by atoms with Crippen LogP contribution in [0.15, 0.2) is 0 Å². The lowest BCUT2D eigenvalue weighted by Gasteiger charge is -2.25. The van der Waals surface area contributed by atoms with Gasteiger partial charge in [-0.05, 0) is 32.4 Å². The molecule has 1 aliphatic heterocycles. The average Bonchev–Trinajstić information content (AvgIpc) is 2.39. The molecular weight excluding hydrogens is 224 g/mol. The number of unbranched alkanes of at least 4 members (excludes halogenated alkanes) is 5. The van der Waals surface area contributed by atoms with Crippen LogP contribution in [0.5, 0.6) is 0 Å². The van der Waals surface area contributed by atoms with E-state index in [1.807, 2.05) is 0 Å². The van der Waals surface area contributed by atoms with Gasteiger partial charge in [-0.1, -0.05) is 45.4 Å². The van der Waals surface area contributed by atoms with Crippen molar-refractivity contribution in [2.24, 2.45) is 0 Å². The Morgan fingerprint density at radius 1 is 1.00 bits per heavy atom. The van der Waals surface area contributed by atoms with Crippen molar-refractivity contribution in [2.45, 2.75) is 64.7 Å². The molecule has 0 aromatic rings. The summed E-state index contributed by atoms with van der Waals surface area (Å²) in [6.45, 7) is 5.91. The van der Waals surface area contributed by atoms with Gasteiger partial charge in [0.15, 0.2) is 0 Å². The van der Waals surface area contributed by atoms with Gasteiger partial charge in [0.1, 0.15) is 0 Å². The number of hydrogen-bond acceptors (Lipinski definition) is 2. The molecule has 1 saturated heterocycles. The van der Waals surface area contributed by atoms with Gasteiger partial charge in [0, 0.05) is 6.54 Å². The maximum absolute atomic E-state index is 11.7. The summed E-state index contributed by atoms with van der Waals surface area (Å²) in [5.74, 6) is 0.213. The summed E-state index contributed by atoms with van der Waals surface area (Å²) in [6, 6.07) is 0.